The number of nitrogens with one attached hydrogen (secondary N) is 2. The van der Waals surface area contributed by atoms with Gasteiger partial charge in [-0.15, -0.1) is 11.3 Å². The number of anilines is 2. The van der Waals surface area contributed by atoms with Gasteiger partial charge in [-0.25, -0.2) is 9.99 Å². The molecule has 2 N–H and O–H groups in total. The Morgan fingerprint density at radius 1 is 1.07 bits per heavy atom. The number of rotatable bonds is 4. The van der Waals surface area contributed by atoms with Gasteiger partial charge >= 0.3 is 0 Å². The van der Waals surface area contributed by atoms with Gasteiger partial charge in [0.15, 0.2) is 5.13 Å². The molecule has 1 aliphatic rings. The van der Waals surface area contributed by atoms with Gasteiger partial charge in [0.2, 0.25) is 5.91 Å². The van der Waals surface area contributed by atoms with Crippen molar-refractivity contribution in [2.45, 2.75) is 12.8 Å². The molecule has 7 nitrogen and oxygen atoms in total. The number of hydrogen-bond donors (Lipinski definition) is 2. The van der Waals surface area contributed by atoms with E-state index >= 15 is 0 Å². The van der Waals surface area contributed by atoms with Crippen LogP contribution in [0.3, 0.4) is 0 Å². The van der Waals surface area contributed by atoms with Gasteiger partial charge in [0.25, 0.3) is 5.91 Å². The lowest BCUT2D eigenvalue weighted by molar-refractivity contribution is -0.118. The van der Waals surface area contributed by atoms with Crippen LogP contribution in [-0.4, -0.2) is 27.5 Å². The zero-order valence-electron chi connectivity index (χ0n) is 15.8. The quantitative estimate of drug-likeness (QED) is 0.517. The van der Waals surface area contributed by atoms with Crippen LogP contribution < -0.4 is 10.3 Å². The molecular weight excluding hydrogens is 398 g/mol. The minimum absolute atomic E-state index is 0.131. The van der Waals surface area contributed by atoms with E-state index in [1.807, 2.05) is 54.0 Å². The SMILES string of the molecule is O=C(Nc1nc(-c2c[nH]c3ccccc23)cs1)C1=NN(c2ccccc2)C(=O)CC1. The van der Waals surface area contributed by atoms with Crippen molar-refractivity contribution in [2.75, 3.05) is 10.3 Å². The van der Waals surface area contributed by atoms with E-state index < -0.39 is 0 Å². The van der Waals surface area contributed by atoms with Gasteiger partial charge in [-0.3, -0.25) is 14.9 Å². The lowest BCUT2D eigenvalue weighted by Crippen LogP contribution is -2.36. The number of thiazole rings is 1. The van der Waals surface area contributed by atoms with Crippen LogP contribution in [0, 0.1) is 0 Å². The molecule has 0 fully saturated rings. The average Bonchev–Trinajstić information content (AvgIpc) is 3.41. The molecule has 2 aromatic carbocycles. The van der Waals surface area contributed by atoms with Crippen molar-refractivity contribution in [1.82, 2.24) is 9.97 Å². The number of fused-ring (bicyclic) bond motifs is 1. The molecule has 0 atom stereocenters. The molecule has 0 spiro atoms. The molecule has 0 unspecified atom stereocenters. The molecule has 0 saturated carbocycles. The summed E-state index contributed by atoms with van der Waals surface area (Å²) in [5, 5.41) is 11.9. The summed E-state index contributed by atoms with van der Waals surface area (Å²) in [6.07, 6.45) is 2.45. The fraction of sp³-hybridized carbons (Fsp3) is 0.0909. The van der Waals surface area contributed by atoms with Crippen molar-refractivity contribution >= 4 is 50.6 Å². The summed E-state index contributed by atoms with van der Waals surface area (Å²) in [5.74, 6) is -0.475. The Kier molecular flexibility index (Phi) is 4.61. The van der Waals surface area contributed by atoms with E-state index in [-0.39, 0.29) is 18.2 Å². The topological polar surface area (TPSA) is 90.4 Å². The Bertz CT molecular complexity index is 1270. The first-order chi connectivity index (χ1) is 14.7. The summed E-state index contributed by atoms with van der Waals surface area (Å²) in [6, 6.07) is 17.1. The Labute approximate surface area is 176 Å². The summed E-state index contributed by atoms with van der Waals surface area (Å²) in [6.45, 7) is 0. The Balaban J connectivity index is 1.36. The number of hydrazone groups is 1. The third-order valence-corrected chi connectivity index (χ3v) is 5.64. The van der Waals surface area contributed by atoms with Crippen LogP contribution in [0.5, 0.6) is 0 Å². The molecule has 2 aromatic heterocycles. The van der Waals surface area contributed by atoms with Crippen LogP contribution in [-0.2, 0) is 9.59 Å². The first-order valence-electron chi connectivity index (χ1n) is 9.48. The maximum Gasteiger partial charge on any atom is 0.273 e. The van der Waals surface area contributed by atoms with E-state index in [9.17, 15) is 9.59 Å². The zero-order chi connectivity index (χ0) is 20.5. The Morgan fingerprint density at radius 2 is 1.87 bits per heavy atom. The second-order valence-corrected chi connectivity index (χ2v) is 7.69. The molecule has 148 valence electrons. The molecule has 1 aliphatic heterocycles. The number of nitrogens with zero attached hydrogens (tertiary/aromatic N) is 3. The molecule has 0 radical (unpaired) electrons. The van der Waals surface area contributed by atoms with E-state index in [1.165, 1.54) is 16.3 Å². The number of H-pyrrole nitrogens is 1. The zero-order valence-corrected chi connectivity index (χ0v) is 16.6. The highest BCUT2D eigenvalue weighted by atomic mass is 32.1. The minimum atomic E-state index is -0.344. The molecule has 2 amide bonds. The highest BCUT2D eigenvalue weighted by Crippen LogP contribution is 2.31. The van der Waals surface area contributed by atoms with Crippen LogP contribution in [0.25, 0.3) is 22.2 Å². The smallest absolute Gasteiger partial charge is 0.273 e. The predicted octanol–water partition coefficient (Wildman–Crippen LogP) is 4.41. The maximum atomic E-state index is 12.7. The van der Waals surface area contributed by atoms with Crippen molar-refractivity contribution in [1.29, 1.82) is 0 Å². The van der Waals surface area contributed by atoms with Crippen LogP contribution in [0.15, 0.2) is 71.3 Å². The van der Waals surface area contributed by atoms with Crippen molar-refractivity contribution in [3.8, 4) is 11.3 Å². The van der Waals surface area contributed by atoms with Crippen molar-refractivity contribution in [2.24, 2.45) is 5.10 Å². The van der Waals surface area contributed by atoms with Crippen LogP contribution in [0.2, 0.25) is 0 Å². The number of amides is 2. The number of hydrogen-bond acceptors (Lipinski definition) is 5. The first-order valence-corrected chi connectivity index (χ1v) is 10.4. The van der Waals surface area contributed by atoms with Gasteiger partial charge in [-0.2, -0.15) is 5.10 Å². The largest absolute Gasteiger partial charge is 0.360 e. The minimum Gasteiger partial charge on any atom is -0.360 e. The number of carbonyl (C=O) groups excluding carboxylic acids is 2. The van der Waals surface area contributed by atoms with Gasteiger partial charge in [-0.1, -0.05) is 36.4 Å². The molecule has 5 rings (SSSR count). The number of para-hydroxylation sites is 2. The third-order valence-electron chi connectivity index (χ3n) is 4.89. The average molecular weight is 415 g/mol. The Morgan fingerprint density at radius 3 is 2.73 bits per heavy atom. The fourth-order valence-corrected chi connectivity index (χ4v) is 4.10. The second kappa shape index (κ2) is 7.57. The van der Waals surface area contributed by atoms with E-state index in [1.54, 1.807) is 12.1 Å². The highest BCUT2D eigenvalue weighted by molar-refractivity contribution is 7.14. The molecule has 8 heteroatoms. The Hall–Kier alpha value is -3.78. The van der Waals surface area contributed by atoms with Crippen molar-refractivity contribution < 1.29 is 9.59 Å². The molecule has 0 aliphatic carbocycles. The lowest BCUT2D eigenvalue weighted by atomic mass is 10.1. The van der Waals surface area contributed by atoms with Gasteiger partial charge in [-0.05, 0) is 18.2 Å². The van der Waals surface area contributed by atoms with E-state index in [0.29, 0.717) is 23.0 Å². The fourth-order valence-electron chi connectivity index (χ4n) is 3.40. The van der Waals surface area contributed by atoms with Crippen LogP contribution in [0.4, 0.5) is 10.8 Å². The standard InChI is InChI=1S/C22H17N5O2S/c28-20-11-10-18(26-27(20)14-6-2-1-3-7-14)21(29)25-22-24-19(13-30-22)16-12-23-17-9-5-4-8-15(16)17/h1-9,12-13,23H,10-11H2,(H,24,25,29). The highest BCUT2D eigenvalue weighted by Gasteiger charge is 2.26. The summed E-state index contributed by atoms with van der Waals surface area (Å²) in [5.41, 5.74) is 3.76. The third kappa shape index (κ3) is 3.37. The maximum absolute atomic E-state index is 12.7. The molecule has 0 bridgehead atoms. The molecule has 3 heterocycles. The predicted molar refractivity (Wildman–Crippen MR) is 119 cm³/mol. The number of carbonyl (C=O) groups is 2. The number of benzene rings is 2. The van der Waals surface area contributed by atoms with Crippen molar-refractivity contribution in [3.63, 3.8) is 0 Å². The van der Waals surface area contributed by atoms with Gasteiger partial charge in [0.1, 0.15) is 5.71 Å². The number of aromatic amines is 1. The molecule has 4 aromatic rings. The monoisotopic (exact) mass is 415 g/mol. The summed E-state index contributed by atoms with van der Waals surface area (Å²) in [4.78, 5) is 32.8. The van der Waals surface area contributed by atoms with Gasteiger partial charge in [0, 0.05) is 40.9 Å². The summed E-state index contributed by atoms with van der Waals surface area (Å²) >= 11 is 1.35. The first kappa shape index (κ1) is 18.3. The summed E-state index contributed by atoms with van der Waals surface area (Å²) < 4.78 is 0. The lowest BCUT2D eigenvalue weighted by Gasteiger charge is -2.22. The van der Waals surface area contributed by atoms with E-state index in [2.05, 4.69) is 20.4 Å². The molecule has 30 heavy (non-hydrogen) atoms. The normalized spacial score (nSPS) is 14.1. The van der Waals surface area contributed by atoms with Crippen LogP contribution >= 0.6 is 11.3 Å². The van der Waals surface area contributed by atoms with Gasteiger partial charge in [0.05, 0.1) is 11.4 Å². The second-order valence-electron chi connectivity index (χ2n) is 6.83. The number of aromatic nitrogens is 2. The van der Waals surface area contributed by atoms with Crippen molar-refractivity contribution in [3.05, 3.63) is 66.2 Å². The van der Waals surface area contributed by atoms with Crippen LogP contribution in [0.1, 0.15) is 12.8 Å². The molecular formula is C22H17N5O2S. The summed E-state index contributed by atoms with van der Waals surface area (Å²) in [7, 11) is 0. The van der Waals surface area contributed by atoms with Gasteiger partial charge < -0.3 is 4.98 Å². The molecule has 0 saturated heterocycles. The van der Waals surface area contributed by atoms with E-state index in [4.69, 9.17) is 0 Å². The van der Waals surface area contributed by atoms with E-state index in [0.717, 1.165) is 22.2 Å².